The van der Waals surface area contributed by atoms with E-state index in [9.17, 15) is 13.8 Å². The number of rotatable bonds is 5. The van der Waals surface area contributed by atoms with Crippen molar-refractivity contribution in [3.05, 3.63) is 113 Å². The molecule has 0 spiro atoms. The Morgan fingerprint density at radius 2 is 1.57 bits per heavy atom. The Morgan fingerprint density at radius 1 is 0.833 bits per heavy atom. The zero-order valence-corrected chi connectivity index (χ0v) is 24.8. The van der Waals surface area contributed by atoms with Crippen LogP contribution in [0.25, 0.3) is 0 Å². The van der Waals surface area contributed by atoms with Crippen LogP contribution in [0.1, 0.15) is 37.4 Å². The van der Waals surface area contributed by atoms with E-state index >= 15 is 0 Å². The first kappa shape index (κ1) is 27.7. The van der Waals surface area contributed by atoms with Crippen LogP contribution < -0.4 is 14.5 Å². The molecular formula is C34H33N3O4S. The number of carbonyl (C=O) groups is 2. The van der Waals surface area contributed by atoms with E-state index in [4.69, 9.17) is 4.74 Å². The van der Waals surface area contributed by atoms with Gasteiger partial charge < -0.3 is 19.4 Å². The molecular weight excluding hydrogens is 546 g/mol. The van der Waals surface area contributed by atoms with Gasteiger partial charge in [-0.05, 0) is 67.4 Å². The molecule has 2 amide bonds. The number of amides is 2. The van der Waals surface area contributed by atoms with Crippen LogP contribution in [-0.2, 0) is 17.3 Å². The monoisotopic (exact) mass is 579 g/mol. The molecule has 0 bridgehead atoms. The zero-order chi connectivity index (χ0) is 29.4. The number of hydrogen-bond donors (Lipinski definition) is 0. The lowest BCUT2D eigenvalue weighted by Gasteiger charge is -2.36. The number of ether oxygens (including phenoxy) is 1. The number of carbonyl (C=O) groups excluding carboxylic acids is 2. The summed E-state index contributed by atoms with van der Waals surface area (Å²) in [4.78, 5) is 34.6. The van der Waals surface area contributed by atoms with Crippen molar-refractivity contribution < 1.29 is 18.5 Å². The Balaban J connectivity index is 1.33. The molecule has 1 fully saturated rings. The second-order valence-corrected chi connectivity index (χ2v) is 12.1. The second kappa shape index (κ2) is 11.4. The number of para-hydroxylation sites is 2. The second-order valence-electron chi connectivity index (χ2n) is 10.7. The minimum absolute atomic E-state index is 0.107. The summed E-state index contributed by atoms with van der Waals surface area (Å²) < 4.78 is 19.4. The molecule has 0 aromatic heterocycles. The van der Waals surface area contributed by atoms with Crippen molar-refractivity contribution in [3.63, 3.8) is 0 Å². The standard InChI is InChI=1S/C34H33N3O4S/c1-23-12-13-24(2)26(20-23)22-37-29-21-25(14-15-32(29)42(40)31-11-7-4-8-27(31)34(37)39)33(38)36-18-16-35(17-19-36)28-9-5-6-10-30(28)41-3/h4-15,20-21H,16-19,22H2,1-3H3. The van der Waals surface area contributed by atoms with Crippen LogP contribution >= 0.6 is 0 Å². The molecule has 1 saturated heterocycles. The number of piperazine rings is 1. The third-order valence-electron chi connectivity index (χ3n) is 8.08. The van der Waals surface area contributed by atoms with Crippen LogP contribution in [0.3, 0.4) is 0 Å². The molecule has 2 aliphatic rings. The van der Waals surface area contributed by atoms with Gasteiger partial charge >= 0.3 is 0 Å². The van der Waals surface area contributed by atoms with Gasteiger partial charge in [0.05, 0.1) is 51.2 Å². The number of fused-ring (bicyclic) bond motifs is 2. The van der Waals surface area contributed by atoms with E-state index in [2.05, 4.69) is 11.0 Å². The normalized spacial score (nSPS) is 16.5. The predicted octanol–water partition coefficient (Wildman–Crippen LogP) is 5.60. The number of anilines is 2. The Hall–Kier alpha value is -4.43. The summed E-state index contributed by atoms with van der Waals surface area (Å²) in [5.41, 5.74) is 5.57. The predicted molar refractivity (Wildman–Crippen MR) is 165 cm³/mol. The van der Waals surface area contributed by atoms with Crippen molar-refractivity contribution in [1.82, 2.24) is 4.90 Å². The summed E-state index contributed by atoms with van der Waals surface area (Å²) in [6.07, 6.45) is 0. The molecule has 42 heavy (non-hydrogen) atoms. The molecule has 1 atom stereocenters. The van der Waals surface area contributed by atoms with Crippen LogP contribution in [-0.4, -0.2) is 54.2 Å². The van der Waals surface area contributed by atoms with Gasteiger partial charge in [-0.1, -0.05) is 48.0 Å². The molecule has 2 heterocycles. The van der Waals surface area contributed by atoms with Crippen molar-refractivity contribution in [1.29, 1.82) is 0 Å². The van der Waals surface area contributed by atoms with Crippen molar-refractivity contribution in [2.75, 3.05) is 43.1 Å². The summed E-state index contributed by atoms with van der Waals surface area (Å²) in [6, 6.07) is 26.4. The smallest absolute Gasteiger partial charge is 0.259 e. The van der Waals surface area contributed by atoms with Crippen molar-refractivity contribution in [3.8, 4) is 5.75 Å². The molecule has 0 aliphatic carbocycles. The summed E-state index contributed by atoms with van der Waals surface area (Å²) in [6.45, 7) is 6.80. The molecule has 8 heteroatoms. The maximum Gasteiger partial charge on any atom is 0.259 e. The van der Waals surface area contributed by atoms with E-state index in [1.807, 2.05) is 55.1 Å². The van der Waals surface area contributed by atoms with E-state index < -0.39 is 10.8 Å². The first-order chi connectivity index (χ1) is 20.4. The van der Waals surface area contributed by atoms with Gasteiger partial charge in [0.25, 0.3) is 11.8 Å². The number of methoxy groups -OCH3 is 1. The number of benzene rings is 4. The lowest BCUT2D eigenvalue weighted by Crippen LogP contribution is -2.48. The van der Waals surface area contributed by atoms with Gasteiger partial charge in [-0.15, -0.1) is 0 Å². The molecule has 1 unspecified atom stereocenters. The molecule has 0 saturated carbocycles. The highest BCUT2D eigenvalue weighted by molar-refractivity contribution is 7.85. The molecule has 4 aromatic carbocycles. The highest BCUT2D eigenvalue weighted by Crippen LogP contribution is 2.37. The van der Waals surface area contributed by atoms with Gasteiger partial charge in [-0.2, -0.15) is 0 Å². The summed E-state index contributed by atoms with van der Waals surface area (Å²) in [5.74, 6) is 0.475. The maximum absolute atomic E-state index is 14.0. The van der Waals surface area contributed by atoms with Crippen molar-refractivity contribution >= 4 is 34.0 Å². The quantitative estimate of drug-likeness (QED) is 0.308. The van der Waals surface area contributed by atoms with Gasteiger partial charge in [0, 0.05) is 31.7 Å². The fraction of sp³-hybridized carbons (Fsp3) is 0.235. The van der Waals surface area contributed by atoms with Crippen LogP contribution in [0.5, 0.6) is 5.75 Å². The van der Waals surface area contributed by atoms with E-state index in [1.165, 1.54) is 0 Å². The largest absolute Gasteiger partial charge is 0.495 e. The number of nitrogens with zero attached hydrogens (tertiary/aromatic N) is 3. The molecule has 0 N–H and O–H groups in total. The Kier molecular flexibility index (Phi) is 7.56. The highest BCUT2D eigenvalue weighted by atomic mass is 32.2. The van der Waals surface area contributed by atoms with E-state index in [0.717, 1.165) is 28.1 Å². The molecule has 2 aliphatic heterocycles. The Morgan fingerprint density at radius 3 is 2.36 bits per heavy atom. The first-order valence-electron chi connectivity index (χ1n) is 14.1. The number of hydrogen-bond acceptors (Lipinski definition) is 5. The topological polar surface area (TPSA) is 70.2 Å². The molecule has 7 nitrogen and oxygen atoms in total. The van der Waals surface area contributed by atoms with E-state index in [1.54, 1.807) is 54.5 Å². The minimum atomic E-state index is -1.58. The van der Waals surface area contributed by atoms with Crippen LogP contribution in [0.2, 0.25) is 0 Å². The van der Waals surface area contributed by atoms with E-state index in [0.29, 0.717) is 59.3 Å². The maximum atomic E-state index is 14.0. The SMILES string of the molecule is COc1ccccc1N1CCN(C(=O)c2ccc3c(c2)N(Cc2cc(C)ccc2C)C(=O)c2ccccc2S3=O)CC1. The highest BCUT2D eigenvalue weighted by Gasteiger charge is 2.33. The number of aryl methyl sites for hydroxylation is 2. The lowest BCUT2D eigenvalue weighted by atomic mass is 10.0. The third kappa shape index (κ3) is 5.07. The van der Waals surface area contributed by atoms with Crippen molar-refractivity contribution in [2.45, 2.75) is 30.2 Å². The first-order valence-corrected chi connectivity index (χ1v) is 15.2. The minimum Gasteiger partial charge on any atom is -0.495 e. The average molecular weight is 580 g/mol. The van der Waals surface area contributed by atoms with Crippen molar-refractivity contribution in [2.24, 2.45) is 0 Å². The fourth-order valence-corrected chi connectivity index (χ4v) is 7.06. The van der Waals surface area contributed by atoms with Gasteiger partial charge in [0.2, 0.25) is 0 Å². The molecule has 4 aromatic rings. The average Bonchev–Trinajstić information content (AvgIpc) is 3.11. The Labute approximate surface area is 248 Å². The summed E-state index contributed by atoms with van der Waals surface area (Å²) in [7, 11) is 0.0855. The summed E-state index contributed by atoms with van der Waals surface area (Å²) >= 11 is 0. The molecule has 214 valence electrons. The van der Waals surface area contributed by atoms with E-state index in [-0.39, 0.29) is 11.8 Å². The van der Waals surface area contributed by atoms with Crippen LogP contribution in [0.4, 0.5) is 11.4 Å². The van der Waals surface area contributed by atoms with Gasteiger partial charge in [0.15, 0.2) is 0 Å². The molecule has 0 radical (unpaired) electrons. The summed E-state index contributed by atoms with van der Waals surface area (Å²) in [5, 5.41) is 0. The van der Waals surface area contributed by atoms with Gasteiger partial charge in [0.1, 0.15) is 5.75 Å². The zero-order valence-electron chi connectivity index (χ0n) is 24.0. The van der Waals surface area contributed by atoms with Gasteiger partial charge in [-0.25, -0.2) is 4.21 Å². The fourth-order valence-electron chi connectivity index (χ4n) is 5.72. The lowest BCUT2D eigenvalue weighted by molar-refractivity contribution is 0.0746. The van der Waals surface area contributed by atoms with Gasteiger partial charge in [-0.3, -0.25) is 9.59 Å². The van der Waals surface area contributed by atoms with Crippen LogP contribution in [0.15, 0.2) is 94.7 Å². The Bertz CT molecular complexity index is 1710. The third-order valence-corrected chi connectivity index (χ3v) is 9.58. The molecule has 6 rings (SSSR count). The van der Waals surface area contributed by atoms with Crippen LogP contribution in [0, 0.1) is 13.8 Å².